The van der Waals surface area contributed by atoms with Crippen LogP contribution in [0, 0.1) is 0 Å². The molecule has 2 aromatic rings. The Balaban J connectivity index is 2.08. The molecule has 0 atom stereocenters. The summed E-state index contributed by atoms with van der Waals surface area (Å²) in [4.78, 5) is 0. The molecule has 0 unspecified atom stereocenters. The van der Waals surface area contributed by atoms with Crippen LogP contribution in [-0.4, -0.2) is 18.3 Å². The number of rotatable bonds is 1. The molecule has 2 nitrogen and oxygen atoms in total. The second kappa shape index (κ2) is 4.49. The van der Waals surface area contributed by atoms with Gasteiger partial charge in [-0.2, -0.15) is 0 Å². The summed E-state index contributed by atoms with van der Waals surface area (Å²) in [5.41, 5.74) is 0.399. The summed E-state index contributed by atoms with van der Waals surface area (Å²) >= 11 is 6.06. The van der Waals surface area contributed by atoms with E-state index in [0.29, 0.717) is 0 Å². The maximum absolute atomic E-state index is 6.13. The molecule has 1 fully saturated rings. The van der Waals surface area contributed by atoms with Gasteiger partial charge in [0.05, 0.1) is 11.2 Å². The van der Waals surface area contributed by atoms with Crippen molar-refractivity contribution in [1.82, 2.24) is 0 Å². The first kappa shape index (κ1) is 13.9. The number of hydrogen-bond donors (Lipinski definition) is 0. The van der Waals surface area contributed by atoms with Gasteiger partial charge in [-0.1, -0.05) is 35.9 Å². The van der Waals surface area contributed by atoms with E-state index < -0.39 is 0 Å². The van der Waals surface area contributed by atoms with Gasteiger partial charge in [-0.25, -0.2) is 0 Å². The van der Waals surface area contributed by atoms with Crippen LogP contribution in [0.15, 0.2) is 36.4 Å². The Morgan fingerprint density at radius 2 is 1.60 bits per heavy atom. The van der Waals surface area contributed by atoms with Crippen molar-refractivity contribution in [2.75, 3.05) is 0 Å². The predicted molar refractivity (Wildman–Crippen MR) is 84.7 cm³/mol. The number of hydrogen-bond acceptors (Lipinski definition) is 2. The van der Waals surface area contributed by atoms with Gasteiger partial charge >= 0.3 is 7.12 Å². The van der Waals surface area contributed by atoms with Crippen LogP contribution in [0.4, 0.5) is 0 Å². The molecule has 20 heavy (non-hydrogen) atoms. The van der Waals surface area contributed by atoms with Gasteiger partial charge in [0.25, 0.3) is 0 Å². The Hall–Kier alpha value is -1.03. The average molecular weight is 289 g/mol. The summed E-state index contributed by atoms with van der Waals surface area (Å²) in [5, 5.41) is 2.96. The van der Waals surface area contributed by atoms with Crippen LogP contribution in [0.3, 0.4) is 0 Å². The lowest BCUT2D eigenvalue weighted by Gasteiger charge is -2.32. The Labute approximate surface area is 125 Å². The van der Waals surface area contributed by atoms with Crippen molar-refractivity contribution >= 4 is 35.0 Å². The molecule has 0 radical (unpaired) electrons. The second-order valence-electron chi connectivity index (χ2n) is 6.30. The fraction of sp³-hybridized carbons (Fsp3) is 0.375. The summed E-state index contributed by atoms with van der Waals surface area (Å²) in [6, 6.07) is 12.0. The highest BCUT2D eigenvalue weighted by Crippen LogP contribution is 2.37. The number of fused-ring (bicyclic) bond motifs is 1. The average Bonchev–Trinajstić information content (AvgIpc) is 2.57. The van der Waals surface area contributed by atoms with E-state index >= 15 is 0 Å². The highest BCUT2D eigenvalue weighted by Gasteiger charge is 2.51. The van der Waals surface area contributed by atoms with Gasteiger partial charge in [0, 0.05) is 5.02 Å². The summed E-state index contributed by atoms with van der Waals surface area (Å²) < 4.78 is 12.3. The largest absolute Gasteiger partial charge is 0.495 e. The van der Waals surface area contributed by atoms with Crippen molar-refractivity contribution in [2.45, 2.75) is 38.9 Å². The molecule has 4 heteroatoms. The first-order valence-electron chi connectivity index (χ1n) is 6.84. The molecule has 0 aliphatic carbocycles. The first-order chi connectivity index (χ1) is 9.30. The van der Waals surface area contributed by atoms with E-state index in [2.05, 4.69) is 39.8 Å². The molecular formula is C16H18BClO2. The van der Waals surface area contributed by atoms with Gasteiger partial charge in [-0.3, -0.25) is 0 Å². The van der Waals surface area contributed by atoms with Crippen LogP contribution >= 0.6 is 11.6 Å². The first-order valence-corrected chi connectivity index (χ1v) is 7.22. The molecule has 0 saturated carbocycles. The zero-order valence-corrected chi connectivity index (χ0v) is 13.0. The van der Waals surface area contributed by atoms with E-state index in [-0.39, 0.29) is 18.3 Å². The highest BCUT2D eigenvalue weighted by atomic mass is 35.5. The van der Waals surface area contributed by atoms with Crippen LogP contribution in [0.5, 0.6) is 0 Å². The van der Waals surface area contributed by atoms with E-state index in [1.54, 1.807) is 0 Å². The normalized spacial score (nSPS) is 20.6. The van der Waals surface area contributed by atoms with Crippen molar-refractivity contribution in [3.8, 4) is 0 Å². The van der Waals surface area contributed by atoms with Crippen molar-refractivity contribution in [2.24, 2.45) is 0 Å². The van der Waals surface area contributed by atoms with Gasteiger partial charge in [-0.15, -0.1) is 0 Å². The van der Waals surface area contributed by atoms with Gasteiger partial charge in [0.2, 0.25) is 0 Å². The fourth-order valence-electron chi connectivity index (χ4n) is 2.46. The number of benzene rings is 2. The standard InChI is InChI=1S/C16H18BClO2/c1-15(2)16(3,4)20-17(19-15)14-7-5-6-11-10-12(18)8-9-13(11)14/h5-10H,1-4H3. The molecular weight excluding hydrogens is 270 g/mol. The third-order valence-corrected chi connectivity index (χ3v) is 4.62. The van der Waals surface area contributed by atoms with E-state index in [1.165, 1.54) is 0 Å². The molecule has 1 aliphatic rings. The summed E-state index contributed by atoms with van der Waals surface area (Å²) in [6.07, 6.45) is 0. The van der Waals surface area contributed by atoms with Gasteiger partial charge in [-0.05, 0) is 56.1 Å². The molecule has 0 amide bonds. The van der Waals surface area contributed by atoms with Crippen LogP contribution in [0.2, 0.25) is 5.02 Å². The maximum atomic E-state index is 6.13. The van der Waals surface area contributed by atoms with Gasteiger partial charge in [0.15, 0.2) is 0 Å². The molecule has 0 N–H and O–H groups in total. The Bertz CT molecular complexity index is 651. The van der Waals surface area contributed by atoms with E-state index in [1.807, 2.05) is 24.3 Å². The van der Waals surface area contributed by atoms with Crippen LogP contribution in [0.25, 0.3) is 10.8 Å². The molecule has 3 rings (SSSR count). The Kier molecular flexibility index (Phi) is 3.13. The summed E-state index contributed by atoms with van der Waals surface area (Å²) in [5.74, 6) is 0. The molecule has 1 heterocycles. The quantitative estimate of drug-likeness (QED) is 0.743. The van der Waals surface area contributed by atoms with Gasteiger partial charge in [0.1, 0.15) is 0 Å². The van der Waals surface area contributed by atoms with E-state index in [4.69, 9.17) is 20.9 Å². The van der Waals surface area contributed by atoms with Crippen LogP contribution in [-0.2, 0) is 9.31 Å². The third-order valence-electron chi connectivity index (χ3n) is 4.38. The lowest BCUT2D eigenvalue weighted by atomic mass is 9.76. The minimum atomic E-state index is -0.343. The minimum absolute atomic E-state index is 0.327. The lowest BCUT2D eigenvalue weighted by molar-refractivity contribution is 0.00578. The zero-order chi connectivity index (χ0) is 14.5. The maximum Gasteiger partial charge on any atom is 0.495 e. The highest BCUT2D eigenvalue weighted by molar-refractivity contribution is 6.65. The Morgan fingerprint density at radius 3 is 2.25 bits per heavy atom. The molecule has 2 aromatic carbocycles. The molecule has 0 spiro atoms. The predicted octanol–water partition coefficient (Wildman–Crippen LogP) is 3.79. The molecule has 104 valence electrons. The fourth-order valence-corrected chi connectivity index (χ4v) is 2.64. The van der Waals surface area contributed by atoms with Crippen molar-refractivity contribution in [3.05, 3.63) is 41.4 Å². The topological polar surface area (TPSA) is 18.5 Å². The lowest BCUT2D eigenvalue weighted by Crippen LogP contribution is -2.41. The van der Waals surface area contributed by atoms with E-state index in [9.17, 15) is 0 Å². The monoisotopic (exact) mass is 288 g/mol. The summed E-state index contributed by atoms with van der Waals surface area (Å²) in [7, 11) is -0.343. The molecule has 0 bridgehead atoms. The molecule has 0 aromatic heterocycles. The smallest absolute Gasteiger partial charge is 0.399 e. The van der Waals surface area contributed by atoms with Crippen molar-refractivity contribution in [1.29, 1.82) is 0 Å². The number of halogens is 1. The van der Waals surface area contributed by atoms with Crippen molar-refractivity contribution < 1.29 is 9.31 Å². The van der Waals surface area contributed by atoms with E-state index in [0.717, 1.165) is 21.3 Å². The second-order valence-corrected chi connectivity index (χ2v) is 6.74. The molecule has 1 saturated heterocycles. The SMILES string of the molecule is CC1(C)OB(c2cccc3cc(Cl)ccc23)OC1(C)C. The minimum Gasteiger partial charge on any atom is -0.399 e. The van der Waals surface area contributed by atoms with Crippen molar-refractivity contribution in [3.63, 3.8) is 0 Å². The van der Waals surface area contributed by atoms with Gasteiger partial charge < -0.3 is 9.31 Å². The summed E-state index contributed by atoms with van der Waals surface area (Å²) in [6.45, 7) is 8.26. The third kappa shape index (κ3) is 2.14. The van der Waals surface area contributed by atoms with Crippen LogP contribution < -0.4 is 5.46 Å². The van der Waals surface area contributed by atoms with Crippen LogP contribution in [0.1, 0.15) is 27.7 Å². The zero-order valence-electron chi connectivity index (χ0n) is 12.2. The Morgan fingerprint density at radius 1 is 0.950 bits per heavy atom. The molecule has 1 aliphatic heterocycles.